The molecule has 1 aromatic rings. The minimum Gasteiger partial charge on any atom is -0.302 e. The van der Waals surface area contributed by atoms with Gasteiger partial charge in [0.2, 0.25) is 0 Å². The molecule has 1 atom stereocenters. The average Bonchev–Trinajstić information content (AvgIpc) is 2.19. The third kappa shape index (κ3) is 3.68. The van der Waals surface area contributed by atoms with E-state index in [1.165, 1.54) is 5.56 Å². The molecule has 0 amide bonds. The standard InChI is InChI=1S/C10H13N3/c1-9(8-11)13-7-4-10-2-5-12-6-3-10/h2-3,5-6,9,13H,4,7H2,1H3. The lowest BCUT2D eigenvalue weighted by Crippen LogP contribution is -2.26. The fourth-order valence-electron chi connectivity index (χ4n) is 1.03. The highest BCUT2D eigenvalue weighted by atomic mass is 14.9. The quantitative estimate of drug-likeness (QED) is 0.746. The first-order valence-corrected chi connectivity index (χ1v) is 4.35. The molecule has 0 saturated carbocycles. The number of hydrogen-bond donors (Lipinski definition) is 1. The topological polar surface area (TPSA) is 48.7 Å². The van der Waals surface area contributed by atoms with Crippen molar-refractivity contribution in [2.45, 2.75) is 19.4 Å². The number of aromatic nitrogens is 1. The molecular formula is C10H13N3. The van der Waals surface area contributed by atoms with Crippen LogP contribution < -0.4 is 5.32 Å². The summed E-state index contributed by atoms with van der Waals surface area (Å²) in [5.74, 6) is 0. The van der Waals surface area contributed by atoms with Crippen LogP contribution >= 0.6 is 0 Å². The molecule has 1 aromatic heterocycles. The Bertz CT molecular complexity index is 276. The van der Waals surface area contributed by atoms with Crippen molar-refractivity contribution in [3.63, 3.8) is 0 Å². The van der Waals surface area contributed by atoms with E-state index in [4.69, 9.17) is 5.26 Å². The first-order valence-electron chi connectivity index (χ1n) is 4.35. The van der Waals surface area contributed by atoms with Gasteiger partial charge < -0.3 is 5.32 Å². The van der Waals surface area contributed by atoms with Crippen LogP contribution in [0.5, 0.6) is 0 Å². The van der Waals surface area contributed by atoms with E-state index in [1.807, 2.05) is 19.1 Å². The Hall–Kier alpha value is -1.40. The fraction of sp³-hybridized carbons (Fsp3) is 0.400. The van der Waals surface area contributed by atoms with Crippen LogP contribution in [0.2, 0.25) is 0 Å². The highest BCUT2D eigenvalue weighted by Gasteiger charge is 1.96. The predicted octanol–water partition coefficient (Wildman–Crippen LogP) is 1.13. The summed E-state index contributed by atoms with van der Waals surface area (Å²) in [5, 5.41) is 11.6. The van der Waals surface area contributed by atoms with E-state index in [9.17, 15) is 0 Å². The summed E-state index contributed by atoms with van der Waals surface area (Å²) in [5.41, 5.74) is 1.24. The second-order valence-electron chi connectivity index (χ2n) is 2.91. The van der Waals surface area contributed by atoms with Crippen molar-refractivity contribution in [2.75, 3.05) is 6.54 Å². The van der Waals surface area contributed by atoms with E-state index in [0.717, 1.165) is 13.0 Å². The molecule has 1 N–H and O–H groups in total. The highest BCUT2D eigenvalue weighted by molar-refractivity contribution is 5.09. The monoisotopic (exact) mass is 175 g/mol. The van der Waals surface area contributed by atoms with Crippen LogP contribution in [0.25, 0.3) is 0 Å². The molecule has 0 radical (unpaired) electrons. The Morgan fingerprint density at radius 3 is 2.85 bits per heavy atom. The Kier molecular flexibility index (Phi) is 3.94. The lowest BCUT2D eigenvalue weighted by Gasteiger charge is -2.05. The molecule has 3 nitrogen and oxygen atoms in total. The first-order chi connectivity index (χ1) is 6.33. The van der Waals surface area contributed by atoms with Gasteiger partial charge in [-0.2, -0.15) is 5.26 Å². The van der Waals surface area contributed by atoms with Gasteiger partial charge >= 0.3 is 0 Å². The van der Waals surface area contributed by atoms with Gasteiger partial charge in [0.25, 0.3) is 0 Å². The predicted molar refractivity (Wildman–Crippen MR) is 51.0 cm³/mol. The van der Waals surface area contributed by atoms with Gasteiger partial charge in [0.1, 0.15) is 0 Å². The normalized spacial score (nSPS) is 12.0. The van der Waals surface area contributed by atoms with Crippen molar-refractivity contribution < 1.29 is 0 Å². The summed E-state index contributed by atoms with van der Waals surface area (Å²) in [7, 11) is 0. The van der Waals surface area contributed by atoms with Crippen molar-refractivity contribution in [1.29, 1.82) is 5.26 Å². The third-order valence-corrected chi connectivity index (χ3v) is 1.81. The van der Waals surface area contributed by atoms with Gasteiger partial charge in [-0.25, -0.2) is 0 Å². The smallest absolute Gasteiger partial charge is 0.0924 e. The molecule has 1 heterocycles. The van der Waals surface area contributed by atoms with Gasteiger partial charge in [0, 0.05) is 18.9 Å². The van der Waals surface area contributed by atoms with Crippen LogP contribution in [0.15, 0.2) is 24.5 Å². The molecule has 1 rings (SSSR count). The maximum atomic E-state index is 8.51. The number of nitrogens with zero attached hydrogens (tertiary/aromatic N) is 2. The first kappa shape index (κ1) is 9.69. The minimum absolute atomic E-state index is 0.0677. The molecule has 0 aliphatic carbocycles. The highest BCUT2D eigenvalue weighted by Crippen LogP contribution is 1.96. The van der Waals surface area contributed by atoms with Crippen LogP contribution in [0, 0.1) is 11.3 Å². The third-order valence-electron chi connectivity index (χ3n) is 1.81. The summed E-state index contributed by atoms with van der Waals surface area (Å²) in [6.45, 7) is 2.69. The molecule has 68 valence electrons. The summed E-state index contributed by atoms with van der Waals surface area (Å²) >= 11 is 0. The van der Waals surface area contributed by atoms with E-state index in [0.29, 0.717) is 0 Å². The van der Waals surface area contributed by atoms with Gasteiger partial charge in [-0.3, -0.25) is 4.98 Å². The van der Waals surface area contributed by atoms with E-state index >= 15 is 0 Å². The zero-order chi connectivity index (χ0) is 9.52. The van der Waals surface area contributed by atoms with Crippen molar-refractivity contribution in [2.24, 2.45) is 0 Å². The summed E-state index contributed by atoms with van der Waals surface area (Å²) in [6, 6.07) is 6.03. The lowest BCUT2D eigenvalue weighted by molar-refractivity contribution is 0.640. The summed E-state index contributed by atoms with van der Waals surface area (Å²) < 4.78 is 0. The largest absolute Gasteiger partial charge is 0.302 e. The Balaban J connectivity index is 2.25. The van der Waals surface area contributed by atoms with Crippen LogP contribution in [-0.4, -0.2) is 17.6 Å². The van der Waals surface area contributed by atoms with Crippen LogP contribution in [0.3, 0.4) is 0 Å². The van der Waals surface area contributed by atoms with Crippen LogP contribution in [0.4, 0.5) is 0 Å². The molecule has 3 heteroatoms. The van der Waals surface area contributed by atoms with Gasteiger partial charge in [-0.05, 0) is 31.0 Å². The summed E-state index contributed by atoms with van der Waals surface area (Å²) in [4.78, 5) is 3.93. The molecular weight excluding hydrogens is 162 g/mol. The molecule has 0 aliphatic rings. The van der Waals surface area contributed by atoms with Crippen LogP contribution in [0.1, 0.15) is 12.5 Å². The second kappa shape index (κ2) is 5.28. The van der Waals surface area contributed by atoms with E-state index in [-0.39, 0.29) is 6.04 Å². The molecule has 0 bridgehead atoms. The molecule has 1 unspecified atom stereocenters. The van der Waals surface area contributed by atoms with Gasteiger partial charge in [-0.15, -0.1) is 0 Å². The molecule has 0 spiro atoms. The SMILES string of the molecule is CC(C#N)NCCc1ccncc1. The number of nitriles is 1. The lowest BCUT2D eigenvalue weighted by atomic mass is 10.2. The zero-order valence-corrected chi connectivity index (χ0v) is 7.70. The maximum absolute atomic E-state index is 8.51. The number of pyridine rings is 1. The minimum atomic E-state index is -0.0677. The van der Waals surface area contributed by atoms with Crippen molar-refractivity contribution in [3.05, 3.63) is 30.1 Å². The number of nitrogens with one attached hydrogen (secondary N) is 1. The Morgan fingerprint density at radius 1 is 1.54 bits per heavy atom. The van der Waals surface area contributed by atoms with E-state index < -0.39 is 0 Å². The molecule has 0 aromatic carbocycles. The molecule has 0 saturated heterocycles. The summed E-state index contributed by atoms with van der Waals surface area (Å²) in [6.07, 6.45) is 4.50. The second-order valence-corrected chi connectivity index (χ2v) is 2.91. The van der Waals surface area contributed by atoms with Gasteiger partial charge in [-0.1, -0.05) is 0 Å². The van der Waals surface area contributed by atoms with Crippen molar-refractivity contribution in [1.82, 2.24) is 10.3 Å². The van der Waals surface area contributed by atoms with Crippen molar-refractivity contribution in [3.8, 4) is 6.07 Å². The Labute approximate surface area is 78.4 Å². The maximum Gasteiger partial charge on any atom is 0.0924 e. The van der Waals surface area contributed by atoms with Gasteiger partial charge in [0.15, 0.2) is 0 Å². The average molecular weight is 175 g/mol. The van der Waals surface area contributed by atoms with Crippen LogP contribution in [-0.2, 0) is 6.42 Å². The van der Waals surface area contributed by atoms with E-state index in [1.54, 1.807) is 12.4 Å². The van der Waals surface area contributed by atoms with E-state index in [2.05, 4.69) is 16.4 Å². The molecule has 0 aliphatic heterocycles. The molecule has 13 heavy (non-hydrogen) atoms. The molecule has 0 fully saturated rings. The van der Waals surface area contributed by atoms with Gasteiger partial charge in [0.05, 0.1) is 12.1 Å². The number of rotatable bonds is 4. The fourth-order valence-corrected chi connectivity index (χ4v) is 1.03. The zero-order valence-electron chi connectivity index (χ0n) is 7.70. The number of hydrogen-bond acceptors (Lipinski definition) is 3. The van der Waals surface area contributed by atoms with Crippen molar-refractivity contribution >= 4 is 0 Å². The Morgan fingerprint density at radius 2 is 2.23 bits per heavy atom.